The third-order valence-electron chi connectivity index (χ3n) is 3.10. The fourth-order valence-electron chi connectivity index (χ4n) is 2.31. The van der Waals surface area contributed by atoms with Crippen molar-refractivity contribution in [3.63, 3.8) is 0 Å². The van der Waals surface area contributed by atoms with E-state index in [4.69, 9.17) is 4.74 Å². The summed E-state index contributed by atoms with van der Waals surface area (Å²) in [6, 6.07) is 0.585. The van der Waals surface area contributed by atoms with Crippen LogP contribution in [0.3, 0.4) is 0 Å². The highest BCUT2D eigenvalue weighted by molar-refractivity contribution is 4.90. The Balaban J connectivity index is 1.95. The lowest BCUT2D eigenvalue weighted by Crippen LogP contribution is -2.43. The predicted octanol–water partition coefficient (Wildman–Crippen LogP) is 0.805. The molecule has 0 spiro atoms. The number of ether oxygens (including phenoxy) is 1. The number of likely N-dealkylation sites (N-methyl/N-ethyl adjacent to an activating group) is 1. The van der Waals surface area contributed by atoms with Crippen LogP contribution in [0.25, 0.3) is 0 Å². The molecule has 0 bridgehead atoms. The molecule has 0 aromatic heterocycles. The highest BCUT2D eigenvalue weighted by atomic mass is 16.5. The number of nitrogens with one attached hydrogen (secondary N) is 1. The molecule has 2 rings (SSSR count). The van der Waals surface area contributed by atoms with Gasteiger partial charge in [-0.25, -0.2) is 0 Å². The standard InChI is InChI=1S/C10H20N2O/c1-10(2)7-11-9(13-10)8-5-4-6-12(8)3/h8-9,11H,4-7H2,1-3H3. The van der Waals surface area contributed by atoms with Crippen molar-refractivity contribution < 1.29 is 4.74 Å². The average molecular weight is 184 g/mol. The molecule has 13 heavy (non-hydrogen) atoms. The van der Waals surface area contributed by atoms with E-state index in [-0.39, 0.29) is 11.8 Å². The molecule has 0 saturated carbocycles. The quantitative estimate of drug-likeness (QED) is 0.652. The molecule has 3 heteroatoms. The van der Waals surface area contributed by atoms with Gasteiger partial charge in [-0.3, -0.25) is 10.2 Å². The van der Waals surface area contributed by atoms with Crippen molar-refractivity contribution in [1.82, 2.24) is 10.2 Å². The minimum absolute atomic E-state index is 0.0219. The van der Waals surface area contributed by atoms with Crippen LogP contribution in [0.15, 0.2) is 0 Å². The van der Waals surface area contributed by atoms with Gasteiger partial charge in [0.25, 0.3) is 0 Å². The maximum atomic E-state index is 5.95. The number of nitrogens with zero attached hydrogens (tertiary/aromatic N) is 1. The van der Waals surface area contributed by atoms with Gasteiger partial charge in [0.2, 0.25) is 0 Å². The van der Waals surface area contributed by atoms with Crippen molar-refractivity contribution in [2.75, 3.05) is 20.1 Å². The van der Waals surface area contributed by atoms with E-state index >= 15 is 0 Å². The molecule has 2 aliphatic heterocycles. The Bertz CT molecular complexity index is 193. The second kappa shape index (κ2) is 3.23. The zero-order valence-corrected chi connectivity index (χ0v) is 8.84. The van der Waals surface area contributed by atoms with Gasteiger partial charge in [-0.15, -0.1) is 0 Å². The lowest BCUT2D eigenvalue weighted by molar-refractivity contribution is -0.0451. The highest BCUT2D eigenvalue weighted by Crippen LogP contribution is 2.26. The van der Waals surface area contributed by atoms with Gasteiger partial charge in [0.1, 0.15) is 6.23 Å². The summed E-state index contributed by atoms with van der Waals surface area (Å²) >= 11 is 0. The number of rotatable bonds is 1. The Morgan fingerprint density at radius 2 is 2.23 bits per heavy atom. The molecule has 2 fully saturated rings. The van der Waals surface area contributed by atoms with Crippen LogP contribution in [0.5, 0.6) is 0 Å². The Labute approximate surface area is 80.4 Å². The van der Waals surface area contributed by atoms with E-state index in [1.807, 2.05) is 0 Å². The van der Waals surface area contributed by atoms with Gasteiger partial charge in [0, 0.05) is 12.6 Å². The van der Waals surface area contributed by atoms with Crippen molar-refractivity contribution in [1.29, 1.82) is 0 Å². The first-order valence-corrected chi connectivity index (χ1v) is 5.20. The van der Waals surface area contributed by atoms with Gasteiger partial charge in [-0.1, -0.05) is 0 Å². The Morgan fingerprint density at radius 3 is 2.69 bits per heavy atom. The molecule has 2 saturated heterocycles. The van der Waals surface area contributed by atoms with E-state index in [2.05, 4.69) is 31.1 Å². The van der Waals surface area contributed by atoms with E-state index in [0.717, 1.165) is 6.54 Å². The monoisotopic (exact) mass is 184 g/mol. The predicted molar refractivity (Wildman–Crippen MR) is 52.6 cm³/mol. The summed E-state index contributed by atoms with van der Waals surface area (Å²) in [5, 5.41) is 3.46. The van der Waals surface area contributed by atoms with Crippen LogP contribution < -0.4 is 5.32 Å². The molecule has 0 aromatic carbocycles. The molecular formula is C10H20N2O. The summed E-state index contributed by atoms with van der Waals surface area (Å²) in [5.74, 6) is 0. The van der Waals surface area contributed by atoms with Crippen LogP contribution in [-0.2, 0) is 4.74 Å². The summed E-state index contributed by atoms with van der Waals surface area (Å²) in [5.41, 5.74) is 0.0219. The van der Waals surface area contributed by atoms with Crippen LogP contribution in [0.1, 0.15) is 26.7 Å². The normalized spacial score (nSPS) is 39.9. The number of likely N-dealkylation sites (tertiary alicyclic amines) is 1. The fourth-order valence-corrected chi connectivity index (χ4v) is 2.31. The average Bonchev–Trinajstić information content (AvgIpc) is 2.56. The Morgan fingerprint density at radius 1 is 1.46 bits per heavy atom. The first kappa shape index (κ1) is 9.44. The Hall–Kier alpha value is -0.120. The molecule has 1 N–H and O–H groups in total. The highest BCUT2D eigenvalue weighted by Gasteiger charge is 2.38. The van der Waals surface area contributed by atoms with Crippen molar-refractivity contribution in [3.8, 4) is 0 Å². The topological polar surface area (TPSA) is 24.5 Å². The third-order valence-corrected chi connectivity index (χ3v) is 3.10. The van der Waals surface area contributed by atoms with Gasteiger partial charge in [0.15, 0.2) is 0 Å². The van der Waals surface area contributed by atoms with Crippen LogP contribution in [0.4, 0.5) is 0 Å². The van der Waals surface area contributed by atoms with Crippen molar-refractivity contribution in [2.45, 2.75) is 44.6 Å². The molecule has 3 nitrogen and oxygen atoms in total. The smallest absolute Gasteiger partial charge is 0.124 e. The van der Waals surface area contributed by atoms with Gasteiger partial charge in [0.05, 0.1) is 5.60 Å². The van der Waals surface area contributed by atoms with E-state index in [1.165, 1.54) is 19.4 Å². The van der Waals surface area contributed by atoms with E-state index < -0.39 is 0 Å². The van der Waals surface area contributed by atoms with Crippen molar-refractivity contribution >= 4 is 0 Å². The molecule has 0 aromatic rings. The zero-order valence-electron chi connectivity index (χ0n) is 8.84. The lowest BCUT2D eigenvalue weighted by atomic mass is 10.1. The van der Waals surface area contributed by atoms with Gasteiger partial charge >= 0.3 is 0 Å². The maximum Gasteiger partial charge on any atom is 0.124 e. The first-order chi connectivity index (χ1) is 6.08. The lowest BCUT2D eigenvalue weighted by Gasteiger charge is -2.27. The second-order valence-corrected chi connectivity index (χ2v) is 4.87. The third kappa shape index (κ3) is 1.87. The summed E-state index contributed by atoms with van der Waals surface area (Å²) in [4.78, 5) is 2.40. The molecule has 0 aliphatic carbocycles. The molecule has 2 heterocycles. The maximum absolute atomic E-state index is 5.95. The van der Waals surface area contributed by atoms with Gasteiger partial charge in [-0.05, 0) is 40.3 Å². The largest absolute Gasteiger partial charge is 0.355 e. The van der Waals surface area contributed by atoms with Crippen LogP contribution in [-0.4, -0.2) is 42.9 Å². The van der Waals surface area contributed by atoms with Gasteiger partial charge < -0.3 is 4.74 Å². The summed E-state index contributed by atoms with van der Waals surface area (Å²) in [7, 11) is 2.19. The summed E-state index contributed by atoms with van der Waals surface area (Å²) < 4.78 is 5.95. The van der Waals surface area contributed by atoms with E-state index in [1.54, 1.807) is 0 Å². The van der Waals surface area contributed by atoms with Crippen molar-refractivity contribution in [3.05, 3.63) is 0 Å². The summed E-state index contributed by atoms with van der Waals surface area (Å²) in [6.07, 6.45) is 2.83. The Kier molecular flexibility index (Phi) is 2.34. The minimum atomic E-state index is 0.0219. The number of hydrogen-bond donors (Lipinski definition) is 1. The molecule has 76 valence electrons. The van der Waals surface area contributed by atoms with Crippen molar-refractivity contribution in [2.24, 2.45) is 0 Å². The van der Waals surface area contributed by atoms with Crippen LogP contribution in [0, 0.1) is 0 Å². The SMILES string of the molecule is CN1CCCC1C1NCC(C)(C)O1. The minimum Gasteiger partial charge on any atom is -0.355 e. The molecule has 2 unspecified atom stereocenters. The van der Waals surface area contributed by atoms with Crippen LogP contribution in [0.2, 0.25) is 0 Å². The fraction of sp³-hybridized carbons (Fsp3) is 1.00. The molecule has 2 atom stereocenters. The van der Waals surface area contributed by atoms with E-state index in [9.17, 15) is 0 Å². The molecule has 2 aliphatic rings. The van der Waals surface area contributed by atoms with E-state index in [0.29, 0.717) is 6.04 Å². The molecule has 0 amide bonds. The molecular weight excluding hydrogens is 164 g/mol. The van der Waals surface area contributed by atoms with Gasteiger partial charge in [-0.2, -0.15) is 0 Å². The summed E-state index contributed by atoms with van der Waals surface area (Å²) in [6.45, 7) is 6.48. The number of hydrogen-bond acceptors (Lipinski definition) is 3. The second-order valence-electron chi connectivity index (χ2n) is 4.87. The molecule has 0 radical (unpaired) electrons. The first-order valence-electron chi connectivity index (χ1n) is 5.20. The zero-order chi connectivity index (χ0) is 9.47. The van der Waals surface area contributed by atoms with Crippen LogP contribution >= 0.6 is 0 Å².